The van der Waals surface area contributed by atoms with Crippen molar-refractivity contribution in [3.05, 3.63) is 45.7 Å². The fourth-order valence-electron chi connectivity index (χ4n) is 3.08. The summed E-state index contributed by atoms with van der Waals surface area (Å²) in [6, 6.07) is 4.15. The first-order valence-electron chi connectivity index (χ1n) is 8.25. The fourth-order valence-corrected chi connectivity index (χ4v) is 4.22. The summed E-state index contributed by atoms with van der Waals surface area (Å²) in [6.07, 6.45) is 4.47. The standard InChI is InChI=1S/C19H23N3O2S/c1-6-18-19(12(2)13(3)25-18)15-8-17(24-5)16(23-4)7-14(15)9-22-10-20-21-11-22/h7-8,10-11H,6,9H2,1-5H3. The van der Waals surface area contributed by atoms with Crippen LogP contribution in [0.1, 0.15) is 27.8 Å². The Morgan fingerprint density at radius 3 is 2.28 bits per heavy atom. The first kappa shape index (κ1) is 17.5. The van der Waals surface area contributed by atoms with Crippen LogP contribution in [-0.4, -0.2) is 29.0 Å². The number of thiophene rings is 1. The molecule has 0 atom stereocenters. The monoisotopic (exact) mass is 357 g/mol. The number of aromatic nitrogens is 3. The summed E-state index contributed by atoms with van der Waals surface area (Å²) < 4.78 is 13.0. The molecule has 25 heavy (non-hydrogen) atoms. The minimum absolute atomic E-state index is 0.681. The molecular formula is C19H23N3O2S. The summed E-state index contributed by atoms with van der Waals surface area (Å²) in [5, 5.41) is 7.82. The molecule has 0 saturated carbocycles. The van der Waals surface area contributed by atoms with Gasteiger partial charge in [0.2, 0.25) is 0 Å². The van der Waals surface area contributed by atoms with Crippen molar-refractivity contribution in [2.75, 3.05) is 14.2 Å². The average Bonchev–Trinajstić information content (AvgIpc) is 3.23. The quantitative estimate of drug-likeness (QED) is 0.662. The lowest BCUT2D eigenvalue weighted by molar-refractivity contribution is 0.354. The molecule has 1 aromatic carbocycles. The zero-order valence-corrected chi connectivity index (χ0v) is 16.1. The normalized spacial score (nSPS) is 10.9. The van der Waals surface area contributed by atoms with Gasteiger partial charge in [-0.2, -0.15) is 0 Å². The maximum absolute atomic E-state index is 5.56. The van der Waals surface area contributed by atoms with E-state index in [0.29, 0.717) is 6.54 Å². The van der Waals surface area contributed by atoms with Crippen LogP contribution in [0.4, 0.5) is 0 Å². The number of aryl methyl sites for hydroxylation is 2. The van der Waals surface area contributed by atoms with Gasteiger partial charge < -0.3 is 14.0 Å². The lowest BCUT2D eigenvalue weighted by atomic mass is 9.94. The molecule has 5 nitrogen and oxygen atoms in total. The second kappa shape index (κ2) is 7.27. The molecule has 0 aliphatic carbocycles. The third-order valence-electron chi connectivity index (χ3n) is 4.48. The van der Waals surface area contributed by atoms with Crippen LogP contribution in [0.5, 0.6) is 11.5 Å². The molecule has 2 aromatic heterocycles. The number of rotatable bonds is 6. The summed E-state index contributed by atoms with van der Waals surface area (Å²) in [5.74, 6) is 1.48. The van der Waals surface area contributed by atoms with Crippen LogP contribution in [0.3, 0.4) is 0 Å². The Bertz CT molecular complexity index is 869. The molecule has 6 heteroatoms. The van der Waals surface area contributed by atoms with E-state index in [2.05, 4.69) is 43.1 Å². The van der Waals surface area contributed by atoms with Crippen LogP contribution in [0, 0.1) is 13.8 Å². The van der Waals surface area contributed by atoms with E-state index in [0.717, 1.165) is 23.5 Å². The topological polar surface area (TPSA) is 49.2 Å². The molecule has 3 aromatic rings. The second-order valence-corrected chi connectivity index (χ2v) is 7.24. The van der Waals surface area contributed by atoms with Crippen molar-refractivity contribution in [2.45, 2.75) is 33.7 Å². The van der Waals surface area contributed by atoms with E-state index >= 15 is 0 Å². The highest BCUT2D eigenvalue weighted by Crippen LogP contribution is 2.42. The van der Waals surface area contributed by atoms with E-state index < -0.39 is 0 Å². The Kier molecular flexibility index (Phi) is 5.08. The fraction of sp³-hybridized carbons (Fsp3) is 0.368. The highest BCUT2D eigenvalue weighted by Gasteiger charge is 2.19. The van der Waals surface area contributed by atoms with Gasteiger partial charge in [-0.3, -0.25) is 0 Å². The molecule has 0 unspecified atom stereocenters. The van der Waals surface area contributed by atoms with Gasteiger partial charge in [-0.15, -0.1) is 21.5 Å². The first-order chi connectivity index (χ1) is 12.1. The van der Waals surface area contributed by atoms with E-state index in [9.17, 15) is 0 Å². The summed E-state index contributed by atoms with van der Waals surface area (Å²) >= 11 is 1.87. The number of methoxy groups -OCH3 is 2. The van der Waals surface area contributed by atoms with Crippen LogP contribution in [0.2, 0.25) is 0 Å². The second-order valence-electron chi connectivity index (χ2n) is 5.93. The Hall–Kier alpha value is -2.34. The van der Waals surface area contributed by atoms with Gasteiger partial charge in [0.15, 0.2) is 11.5 Å². The SMILES string of the molecule is CCc1sc(C)c(C)c1-c1cc(OC)c(OC)cc1Cn1cnnc1. The van der Waals surface area contributed by atoms with Gasteiger partial charge in [0.25, 0.3) is 0 Å². The Morgan fingerprint density at radius 2 is 1.68 bits per heavy atom. The molecule has 0 bridgehead atoms. The largest absolute Gasteiger partial charge is 0.493 e. The lowest BCUT2D eigenvalue weighted by Gasteiger charge is -2.16. The number of benzene rings is 1. The average molecular weight is 357 g/mol. The van der Waals surface area contributed by atoms with Gasteiger partial charge in [0.05, 0.1) is 20.8 Å². The predicted octanol–water partition coefficient (Wildman–Crippen LogP) is 4.25. The molecule has 0 N–H and O–H groups in total. The van der Waals surface area contributed by atoms with Gasteiger partial charge in [-0.25, -0.2) is 0 Å². The van der Waals surface area contributed by atoms with E-state index in [-0.39, 0.29) is 0 Å². The van der Waals surface area contributed by atoms with E-state index in [4.69, 9.17) is 9.47 Å². The van der Waals surface area contributed by atoms with Crippen molar-refractivity contribution in [3.63, 3.8) is 0 Å². The van der Waals surface area contributed by atoms with Crippen LogP contribution in [0.15, 0.2) is 24.8 Å². The Balaban J connectivity index is 2.23. The molecule has 0 aliphatic heterocycles. The minimum atomic E-state index is 0.681. The molecule has 0 amide bonds. The van der Waals surface area contributed by atoms with Crippen molar-refractivity contribution >= 4 is 11.3 Å². The number of hydrogen-bond acceptors (Lipinski definition) is 5. The van der Waals surface area contributed by atoms with Crippen molar-refractivity contribution in [2.24, 2.45) is 0 Å². The van der Waals surface area contributed by atoms with Gasteiger partial charge in [-0.1, -0.05) is 6.92 Å². The summed E-state index contributed by atoms with van der Waals surface area (Å²) in [5.41, 5.74) is 4.99. The molecule has 3 rings (SSSR count). The molecule has 0 aliphatic rings. The number of nitrogens with zero attached hydrogens (tertiary/aromatic N) is 3. The van der Waals surface area contributed by atoms with Crippen molar-refractivity contribution in [1.29, 1.82) is 0 Å². The highest BCUT2D eigenvalue weighted by atomic mass is 32.1. The zero-order valence-electron chi connectivity index (χ0n) is 15.3. The van der Waals surface area contributed by atoms with Gasteiger partial charge >= 0.3 is 0 Å². The van der Waals surface area contributed by atoms with Crippen LogP contribution < -0.4 is 9.47 Å². The molecule has 0 fully saturated rings. The Labute approximate surface area is 152 Å². The third-order valence-corrected chi connectivity index (χ3v) is 5.83. The first-order valence-corrected chi connectivity index (χ1v) is 9.07. The summed E-state index contributed by atoms with van der Waals surface area (Å²) in [6.45, 7) is 7.26. The third kappa shape index (κ3) is 3.26. The van der Waals surface area contributed by atoms with E-state index in [1.807, 2.05) is 15.9 Å². The molecule has 0 radical (unpaired) electrons. The van der Waals surface area contributed by atoms with E-state index in [1.54, 1.807) is 26.9 Å². The maximum atomic E-state index is 5.56. The van der Waals surface area contributed by atoms with Crippen LogP contribution in [-0.2, 0) is 13.0 Å². The van der Waals surface area contributed by atoms with Gasteiger partial charge in [0, 0.05) is 9.75 Å². The molecular weight excluding hydrogens is 334 g/mol. The maximum Gasteiger partial charge on any atom is 0.161 e. The predicted molar refractivity (Wildman–Crippen MR) is 101 cm³/mol. The summed E-state index contributed by atoms with van der Waals surface area (Å²) in [4.78, 5) is 2.75. The molecule has 0 saturated heterocycles. The summed E-state index contributed by atoms with van der Waals surface area (Å²) in [7, 11) is 3.34. The van der Waals surface area contributed by atoms with Crippen molar-refractivity contribution < 1.29 is 9.47 Å². The molecule has 132 valence electrons. The van der Waals surface area contributed by atoms with Crippen molar-refractivity contribution in [3.8, 4) is 22.6 Å². The smallest absolute Gasteiger partial charge is 0.161 e. The molecule has 0 spiro atoms. The van der Waals surface area contributed by atoms with Gasteiger partial charge in [-0.05, 0) is 54.7 Å². The minimum Gasteiger partial charge on any atom is -0.493 e. The molecule has 2 heterocycles. The Morgan fingerprint density at radius 1 is 1.04 bits per heavy atom. The van der Waals surface area contributed by atoms with E-state index in [1.165, 1.54) is 26.4 Å². The van der Waals surface area contributed by atoms with Crippen LogP contribution >= 0.6 is 11.3 Å². The number of hydrogen-bond donors (Lipinski definition) is 0. The highest BCUT2D eigenvalue weighted by molar-refractivity contribution is 7.12. The van der Waals surface area contributed by atoms with Crippen LogP contribution in [0.25, 0.3) is 11.1 Å². The van der Waals surface area contributed by atoms with Gasteiger partial charge in [0.1, 0.15) is 12.7 Å². The zero-order chi connectivity index (χ0) is 18.0. The van der Waals surface area contributed by atoms with Crippen molar-refractivity contribution in [1.82, 2.24) is 14.8 Å². The number of ether oxygens (including phenoxy) is 2. The lowest BCUT2D eigenvalue weighted by Crippen LogP contribution is -2.02.